The third-order valence-electron chi connectivity index (χ3n) is 5.06. The molecule has 1 aliphatic rings. The van der Waals surface area contributed by atoms with E-state index in [1.165, 1.54) is 26.4 Å². The summed E-state index contributed by atoms with van der Waals surface area (Å²) < 4.78 is 23.2. The summed E-state index contributed by atoms with van der Waals surface area (Å²) in [6.45, 7) is 0. The molecule has 5 nitrogen and oxygen atoms in total. The fourth-order valence-corrected chi connectivity index (χ4v) is 3.39. The van der Waals surface area contributed by atoms with E-state index in [4.69, 9.17) is 9.47 Å². The van der Waals surface area contributed by atoms with Crippen LogP contribution in [0.3, 0.4) is 0 Å². The monoisotopic (exact) mass is 371 g/mol. The predicted molar refractivity (Wildman–Crippen MR) is 97.8 cm³/mol. The van der Waals surface area contributed by atoms with Crippen molar-refractivity contribution in [1.29, 1.82) is 0 Å². The van der Waals surface area contributed by atoms with Gasteiger partial charge in [0, 0.05) is 5.92 Å². The van der Waals surface area contributed by atoms with Crippen LogP contribution >= 0.6 is 0 Å². The fourth-order valence-electron chi connectivity index (χ4n) is 3.39. The van der Waals surface area contributed by atoms with E-state index in [2.05, 4.69) is 5.32 Å². The normalized spacial score (nSPS) is 19.5. The van der Waals surface area contributed by atoms with Crippen LogP contribution in [0.25, 0.3) is 0 Å². The smallest absolute Gasteiger partial charge is 0.333 e. The molecule has 3 rings (SSSR count). The highest BCUT2D eigenvalue weighted by molar-refractivity contribution is 5.87. The lowest BCUT2D eigenvalue weighted by molar-refractivity contribution is -0.146. The quantitative estimate of drug-likeness (QED) is 0.791. The Morgan fingerprint density at radius 2 is 1.85 bits per heavy atom. The highest BCUT2D eigenvalue weighted by Crippen LogP contribution is 2.43. The van der Waals surface area contributed by atoms with E-state index in [-0.39, 0.29) is 23.6 Å². The third kappa shape index (κ3) is 4.10. The molecular formula is C21H22FNO4. The van der Waals surface area contributed by atoms with Crippen LogP contribution in [0, 0.1) is 11.7 Å². The number of ether oxygens (including phenoxy) is 2. The van der Waals surface area contributed by atoms with Crippen molar-refractivity contribution in [2.75, 3.05) is 14.2 Å². The van der Waals surface area contributed by atoms with Gasteiger partial charge >= 0.3 is 5.97 Å². The van der Waals surface area contributed by atoms with Gasteiger partial charge in [0.2, 0.25) is 5.91 Å². The fraction of sp³-hybridized carbons (Fsp3) is 0.333. The Labute approximate surface area is 157 Å². The van der Waals surface area contributed by atoms with Crippen molar-refractivity contribution in [3.8, 4) is 5.75 Å². The Balaban J connectivity index is 1.76. The van der Waals surface area contributed by atoms with Crippen LogP contribution < -0.4 is 10.1 Å². The summed E-state index contributed by atoms with van der Waals surface area (Å²) in [5.74, 6) is -0.711. The number of halogens is 1. The molecule has 0 spiro atoms. The highest BCUT2D eigenvalue weighted by atomic mass is 19.1. The molecule has 0 saturated heterocycles. The molecule has 2 aromatic rings. The Bertz CT molecular complexity index is 821. The highest BCUT2D eigenvalue weighted by Gasteiger charge is 2.39. The molecule has 6 heteroatoms. The maximum Gasteiger partial charge on any atom is 0.333 e. The Morgan fingerprint density at radius 3 is 2.44 bits per heavy atom. The van der Waals surface area contributed by atoms with Crippen molar-refractivity contribution in [1.82, 2.24) is 5.32 Å². The minimum absolute atomic E-state index is 0.0224. The SMILES string of the molecule is COC(=O)C(NC(=O)C1CCC1c1ccc(F)cc1)c1cccc(OC)c1. The molecule has 2 aromatic carbocycles. The first kappa shape index (κ1) is 18.9. The van der Waals surface area contributed by atoms with Gasteiger partial charge in [0.1, 0.15) is 11.6 Å². The molecule has 27 heavy (non-hydrogen) atoms. The van der Waals surface area contributed by atoms with Gasteiger partial charge in [0.15, 0.2) is 6.04 Å². The van der Waals surface area contributed by atoms with Gasteiger partial charge in [-0.15, -0.1) is 0 Å². The largest absolute Gasteiger partial charge is 0.497 e. The molecule has 1 N–H and O–H groups in total. The topological polar surface area (TPSA) is 64.6 Å². The third-order valence-corrected chi connectivity index (χ3v) is 5.06. The lowest BCUT2D eigenvalue weighted by Gasteiger charge is -2.36. The van der Waals surface area contributed by atoms with Gasteiger partial charge < -0.3 is 14.8 Å². The zero-order valence-electron chi connectivity index (χ0n) is 15.3. The number of esters is 1. The maximum atomic E-state index is 13.1. The average molecular weight is 371 g/mol. The molecule has 1 amide bonds. The van der Waals surface area contributed by atoms with E-state index < -0.39 is 12.0 Å². The second kappa shape index (κ2) is 8.20. The molecule has 142 valence electrons. The minimum Gasteiger partial charge on any atom is -0.497 e. The first-order valence-corrected chi connectivity index (χ1v) is 8.81. The van der Waals surface area contributed by atoms with Crippen molar-refractivity contribution < 1.29 is 23.5 Å². The summed E-state index contributed by atoms with van der Waals surface area (Å²) in [5.41, 5.74) is 1.52. The summed E-state index contributed by atoms with van der Waals surface area (Å²) in [5, 5.41) is 2.81. The standard InChI is InChI=1S/C21H22FNO4/c1-26-16-5-3-4-14(12-16)19(21(25)27-2)23-20(24)18-11-10-17(18)13-6-8-15(22)9-7-13/h3-9,12,17-19H,10-11H2,1-2H3,(H,23,24). The van der Waals surface area contributed by atoms with Crippen LogP contribution in [0.15, 0.2) is 48.5 Å². The van der Waals surface area contributed by atoms with Crippen molar-refractivity contribution in [2.24, 2.45) is 5.92 Å². The molecule has 3 atom stereocenters. The van der Waals surface area contributed by atoms with E-state index in [9.17, 15) is 14.0 Å². The molecule has 0 aliphatic heterocycles. The number of carbonyl (C=O) groups is 2. The number of methoxy groups -OCH3 is 2. The van der Waals surface area contributed by atoms with Crippen molar-refractivity contribution in [2.45, 2.75) is 24.8 Å². The molecule has 0 heterocycles. The van der Waals surface area contributed by atoms with Crippen LogP contribution in [0.5, 0.6) is 5.75 Å². The number of rotatable bonds is 6. The van der Waals surface area contributed by atoms with Crippen molar-refractivity contribution in [3.05, 3.63) is 65.5 Å². The van der Waals surface area contributed by atoms with Crippen LogP contribution in [0.1, 0.15) is 35.9 Å². The van der Waals surface area contributed by atoms with Crippen LogP contribution in [-0.4, -0.2) is 26.1 Å². The van der Waals surface area contributed by atoms with Crippen molar-refractivity contribution in [3.63, 3.8) is 0 Å². The number of benzene rings is 2. The van der Waals surface area contributed by atoms with E-state index >= 15 is 0 Å². The molecule has 0 bridgehead atoms. The van der Waals surface area contributed by atoms with Crippen LogP contribution in [-0.2, 0) is 14.3 Å². The van der Waals surface area contributed by atoms with Gasteiger partial charge in [-0.2, -0.15) is 0 Å². The number of hydrogen-bond donors (Lipinski definition) is 1. The summed E-state index contributed by atoms with van der Waals surface area (Å²) in [4.78, 5) is 25.1. The molecule has 0 aromatic heterocycles. The summed E-state index contributed by atoms with van der Waals surface area (Å²) >= 11 is 0. The van der Waals surface area contributed by atoms with Gasteiger partial charge in [0.05, 0.1) is 14.2 Å². The van der Waals surface area contributed by atoms with Gasteiger partial charge in [0.25, 0.3) is 0 Å². The minimum atomic E-state index is -0.910. The van der Waals surface area contributed by atoms with E-state index in [0.29, 0.717) is 11.3 Å². The second-order valence-electron chi connectivity index (χ2n) is 6.58. The lowest BCUT2D eigenvalue weighted by Crippen LogP contribution is -2.43. The molecule has 3 unspecified atom stereocenters. The van der Waals surface area contributed by atoms with Crippen LogP contribution in [0.2, 0.25) is 0 Å². The van der Waals surface area contributed by atoms with E-state index in [0.717, 1.165) is 18.4 Å². The molecular weight excluding hydrogens is 349 g/mol. The maximum absolute atomic E-state index is 13.1. The zero-order valence-corrected chi connectivity index (χ0v) is 15.3. The molecule has 1 fully saturated rings. The van der Waals surface area contributed by atoms with Gasteiger partial charge in [-0.3, -0.25) is 4.79 Å². The van der Waals surface area contributed by atoms with Gasteiger partial charge in [-0.1, -0.05) is 24.3 Å². The Hall–Kier alpha value is -2.89. The zero-order chi connectivity index (χ0) is 19.4. The Morgan fingerprint density at radius 1 is 1.11 bits per heavy atom. The summed E-state index contributed by atoms with van der Waals surface area (Å²) in [7, 11) is 2.82. The average Bonchev–Trinajstić information content (AvgIpc) is 2.66. The second-order valence-corrected chi connectivity index (χ2v) is 6.58. The number of carbonyl (C=O) groups excluding carboxylic acids is 2. The first-order valence-electron chi connectivity index (χ1n) is 8.81. The van der Waals surface area contributed by atoms with E-state index in [1.54, 1.807) is 36.4 Å². The first-order chi connectivity index (χ1) is 13.0. The van der Waals surface area contributed by atoms with Gasteiger partial charge in [-0.25, -0.2) is 9.18 Å². The molecule has 1 saturated carbocycles. The number of amides is 1. The van der Waals surface area contributed by atoms with E-state index in [1.807, 2.05) is 0 Å². The van der Waals surface area contributed by atoms with Crippen molar-refractivity contribution >= 4 is 11.9 Å². The number of hydrogen-bond acceptors (Lipinski definition) is 4. The molecule has 0 radical (unpaired) electrons. The lowest BCUT2D eigenvalue weighted by atomic mass is 9.69. The predicted octanol–water partition coefficient (Wildman–Crippen LogP) is 3.36. The van der Waals surface area contributed by atoms with Crippen LogP contribution in [0.4, 0.5) is 4.39 Å². The van der Waals surface area contributed by atoms with Gasteiger partial charge in [-0.05, 0) is 54.2 Å². The molecule has 1 aliphatic carbocycles. The summed E-state index contributed by atoms with van der Waals surface area (Å²) in [6.07, 6.45) is 1.58. The number of nitrogens with one attached hydrogen (secondary N) is 1. The summed E-state index contributed by atoms with van der Waals surface area (Å²) in [6, 6.07) is 12.2. The Kier molecular flexibility index (Phi) is 5.74.